The zero-order valence-electron chi connectivity index (χ0n) is 47.6. The number of hydrogen-bond donors (Lipinski definition) is 9. The second-order valence-corrected chi connectivity index (χ2v) is 27.5. The van der Waals surface area contributed by atoms with Crippen LogP contribution in [0.4, 0.5) is 0 Å². The van der Waals surface area contributed by atoms with Gasteiger partial charge >= 0.3 is 5.97 Å². The molecule has 7 aromatic heterocycles. The largest absolute Gasteiger partial charge is 0.508 e. The molecule has 10 bridgehead atoms. The zero-order valence-corrected chi connectivity index (χ0v) is 52.5. The van der Waals surface area contributed by atoms with Gasteiger partial charge in [0.05, 0.1) is 36.2 Å². The number of amides is 6. The number of aryl methyl sites for hydroxylation is 1. The number of aliphatic carboxylic acids is 1. The fourth-order valence-electron chi connectivity index (χ4n) is 11.0. The van der Waals surface area contributed by atoms with E-state index in [2.05, 4.69) is 36.2 Å². The summed E-state index contributed by atoms with van der Waals surface area (Å²) < 4.78 is 0. The molecular formula is C60H55N13O11S6. The molecule has 24 nitrogen and oxygen atoms in total. The summed E-state index contributed by atoms with van der Waals surface area (Å²) in [5.41, 5.74) is 8.71. The van der Waals surface area contributed by atoms with Gasteiger partial charge in [0.15, 0.2) is 0 Å². The molecule has 462 valence electrons. The number of nitrogens with zero attached hydrogens (tertiary/aromatic N) is 8. The van der Waals surface area contributed by atoms with E-state index in [0.29, 0.717) is 90.1 Å². The Hall–Kier alpha value is -8.62. The number of nitrogens with one attached hydrogen (secondary N) is 4. The second kappa shape index (κ2) is 26.1. The number of phenolic OH excluding ortho intramolecular Hbond substituents is 1. The standard InChI is InChI=1S/C60H55N13O11S6/c1-26-42(75)20-73-47(26)58-70-41(25-89-58)55-66-37(21-86-55)45-33(16-17-34(63-45)54-68-38(23-87-54)49(78)62-31-12-10-30(11-13-31)60(83)84)53-67-39(22-85-53)50(79)64-35(19-43(61)76)56-72-44(27(2)90-56)52(81)71-46(48(77)29-6-4-3-5-7-29)57-69-40(24-88-57)51(80)65-36(59(73)82)18-28-8-14-32(74)15-9-28/h3-9,14-17,21-26,30-31,35-36,42,46-48,74-75,77H,10-13,18-20H2,1-2H3,(H2,61,76)(H,62,78)(H,64,79)(H,65,80)(H,71,81)(H,83,84)/t26-,30-,31+,35-,36-,42-,46-,47-,48+/m0/s1. The monoisotopic (exact) mass is 1330 g/mol. The van der Waals surface area contributed by atoms with E-state index in [-0.39, 0.29) is 57.5 Å². The van der Waals surface area contributed by atoms with Crippen LogP contribution in [0.1, 0.15) is 136 Å². The fraction of sp³-hybridized carbons (Fsp3) is 0.300. The lowest BCUT2D eigenvalue weighted by Gasteiger charge is -2.29. The molecule has 2 aliphatic heterocycles. The molecule has 6 amide bonds. The lowest BCUT2D eigenvalue weighted by atomic mass is 9.86. The molecule has 9 heterocycles. The van der Waals surface area contributed by atoms with E-state index < -0.39 is 96.0 Å². The van der Waals surface area contributed by atoms with Crippen LogP contribution in [0.3, 0.4) is 0 Å². The molecule has 9 aromatic rings. The first-order valence-corrected chi connectivity index (χ1v) is 33.5. The molecule has 1 saturated carbocycles. The number of fused-ring (bicyclic) bond motifs is 16. The van der Waals surface area contributed by atoms with E-state index in [1.165, 1.54) is 61.8 Å². The third-order valence-corrected chi connectivity index (χ3v) is 21.4. The first kappa shape index (κ1) is 61.6. The highest BCUT2D eigenvalue weighted by Crippen LogP contribution is 2.43. The number of carboxylic acids is 1. The second-order valence-electron chi connectivity index (χ2n) is 21.9. The van der Waals surface area contributed by atoms with Crippen molar-refractivity contribution < 1.29 is 54.0 Å². The van der Waals surface area contributed by atoms with Crippen LogP contribution in [0, 0.1) is 18.8 Å². The minimum Gasteiger partial charge on any atom is -0.508 e. The summed E-state index contributed by atoms with van der Waals surface area (Å²) in [6, 6.07) is 13.5. The average molecular weight is 1330 g/mol. The molecule has 2 aromatic carbocycles. The van der Waals surface area contributed by atoms with Crippen LogP contribution < -0.4 is 27.0 Å². The highest BCUT2D eigenvalue weighted by atomic mass is 32.1. The van der Waals surface area contributed by atoms with Crippen LogP contribution in [0.15, 0.2) is 93.6 Å². The molecule has 30 heteroatoms. The SMILES string of the molecule is Cc1sc2nc1C(=O)N[C@@H]([C@H](O)c1ccccc1)c1nc(cs1)C(=O)N[C@@H](Cc1ccc(O)cc1)C(=O)N1C[C@H](O)[C@H](C)[C@H]1c1nc(cs1)-c1nc(cs1)-c1nc(-c3nc(C(=O)N[C@H]4CC[C@@H](C(=O)O)CC4)cs3)ccc1-c1nc(cs1)C(=O)N[C@H]2CC(N)=O. The van der Waals surface area contributed by atoms with Gasteiger partial charge in [-0.25, -0.2) is 34.9 Å². The van der Waals surface area contributed by atoms with Crippen LogP contribution in [-0.4, -0.2) is 126 Å². The number of thiazole rings is 6. The summed E-state index contributed by atoms with van der Waals surface area (Å²) in [6.45, 7) is 3.34. The number of aliphatic hydroxyl groups is 2. The molecule has 12 rings (SSSR count). The molecule has 1 aliphatic carbocycles. The van der Waals surface area contributed by atoms with Crippen LogP contribution in [0.2, 0.25) is 0 Å². The van der Waals surface area contributed by atoms with Gasteiger partial charge in [0.2, 0.25) is 11.8 Å². The van der Waals surface area contributed by atoms with E-state index >= 15 is 4.79 Å². The van der Waals surface area contributed by atoms with Crippen molar-refractivity contribution in [2.75, 3.05) is 6.54 Å². The lowest BCUT2D eigenvalue weighted by Crippen LogP contribution is -2.50. The predicted molar refractivity (Wildman–Crippen MR) is 337 cm³/mol. The van der Waals surface area contributed by atoms with Crippen molar-refractivity contribution in [3.8, 4) is 49.1 Å². The molecular weight excluding hydrogens is 1270 g/mol. The minimum atomic E-state index is -1.42. The van der Waals surface area contributed by atoms with Crippen LogP contribution in [-0.2, 0) is 20.8 Å². The van der Waals surface area contributed by atoms with Gasteiger partial charge in [-0.3, -0.25) is 33.6 Å². The highest BCUT2D eigenvalue weighted by Gasteiger charge is 2.46. The van der Waals surface area contributed by atoms with Gasteiger partial charge in [0, 0.05) is 62.3 Å². The molecule has 3 aliphatic rings. The predicted octanol–water partition coefficient (Wildman–Crippen LogP) is 7.66. The molecule has 1 saturated heterocycles. The summed E-state index contributed by atoms with van der Waals surface area (Å²) in [5, 5.41) is 65.0. The van der Waals surface area contributed by atoms with Gasteiger partial charge in [-0.2, -0.15) is 0 Å². The van der Waals surface area contributed by atoms with Crippen LogP contribution in [0.25, 0.3) is 43.4 Å². The third-order valence-electron chi connectivity index (χ3n) is 15.9. The van der Waals surface area contributed by atoms with Crippen molar-refractivity contribution in [2.24, 2.45) is 17.6 Å². The summed E-state index contributed by atoms with van der Waals surface area (Å²) in [6.07, 6.45) is -0.900. The number of benzene rings is 2. The van der Waals surface area contributed by atoms with Crippen molar-refractivity contribution in [3.63, 3.8) is 0 Å². The van der Waals surface area contributed by atoms with Gasteiger partial charge < -0.3 is 52.3 Å². The molecule has 0 radical (unpaired) electrons. The number of aromatic nitrogens is 7. The summed E-state index contributed by atoms with van der Waals surface area (Å²) in [5.74, 6) is -5.75. The van der Waals surface area contributed by atoms with Crippen molar-refractivity contribution in [3.05, 3.63) is 147 Å². The lowest BCUT2D eigenvalue weighted by molar-refractivity contribution is -0.143. The molecule has 2 fully saturated rings. The summed E-state index contributed by atoms with van der Waals surface area (Å²) in [7, 11) is 0. The van der Waals surface area contributed by atoms with Crippen molar-refractivity contribution in [2.45, 2.75) is 94.8 Å². The number of nitrogens with two attached hydrogens (primary N) is 1. The molecule has 0 spiro atoms. The minimum absolute atomic E-state index is 0.00805. The molecule has 0 unspecified atom stereocenters. The average Bonchev–Trinajstić information content (AvgIpc) is 1.70. The Morgan fingerprint density at radius 3 is 2.07 bits per heavy atom. The summed E-state index contributed by atoms with van der Waals surface area (Å²) >= 11 is 6.89. The van der Waals surface area contributed by atoms with Crippen molar-refractivity contribution in [1.29, 1.82) is 0 Å². The number of aromatic hydroxyl groups is 1. The van der Waals surface area contributed by atoms with E-state index in [1.807, 2.05) is 6.92 Å². The number of hydrogen-bond acceptors (Lipinski definition) is 23. The Balaban J connectivity index is 0.931. The molecule has 10 N–H and O–H groups in total. The normalized spacial score (nSPS) is 21.8. The zero-order chi connectivity index (χ0) is 63.1. The fourth-order valence-corrected chi connectivity index (χ4v) is 16.4. The Morgan fingerprint density at radius 1 is 0.678 bits per heavy atom. The number of carbonyl (C=O) groups excluding carboxylic acids is 6. The number of carbonyl (C=O) groups is 7. The highest BCUT2D eigenvalue weighted by molar-refractivity contribution is 7.15. The maximum atomic E-state index is 15.2. The number of rotatable bonds is 10. The van der Waals surface area contributed by atoms with Gasteiger partial charge in [-0.1, -0.05) is 49.4 Å². The van der Waals surface area contributed by atoms with E-state index in [0.717, 1.165) is 34.0 Å². The smallest absolute Gasteiger partial charge is 0.306 e. The Kier molecular flexibility index (Phi) is 17.8. The Labute approximate surface area is 536 Å². The summed E-state index contributed by atoms with van der Waals surface area (Å²) in [4.78, 5) is 132. The third kappa shape index (κ3) is 13.0. The number of primary amides is 1. The van der Waals surface area contributed by atoms with Crippen molar-refractivity contribution in [1.82, 2.24) is 61.1 Å². The van der Waals surface area contributed by atoms with Gasteiger partial charge in [-0.15, -0.1) is 68.0 Å². The number of pyridine rings is 1. The first-order chi connectivity index (χ1) is 43.3. The number of phenols is 1. The molecule has 7 atom stereocenters. The Morgan fingerprint density at radius 2 is 1.32 bits per heavy atom. The Bertz CT molecular complexity index is 4210. The maximum Gasteiger partial charge on any atom is 0.306 e. The first-order valence-electron chi connectivity index (χ1n) is 28.3. The van der Waals surface area contributed by atoms with Gasteiger partial charge in [-0.05, 0) is 68.0 Å². The molecule has 90 heavy (non-hydrogen) atoms. The number of carboxylic acid groups (broad SMARTS) is 1. The maximum absolute atomic E-state index is 15.2. The quantitative estimate of drug-likeness (QED) is 0.0634. The van der Waals surface area contributed by atoms with Crippen LogP contribution >= 0.6 is 68.0 Å². The van der Waals surface area contributed by atoms with Crippen LogP contribution in [0.5, 0.6) is 5.75 Å². The number of aliphatic hydroxyl groups excluding tert-OH is 2. The van der Waals surface area contributed by atoms with E-state index in [9.17, 15) is 49.2 Å². The van der Waals surface area contributed by atoms with Gasteiger partial charge in [0.25, 0.3) is 23.6 Å². The van der Waals surface area contributed by atoms with Crippen molar-refractivity contribution >= 4 is 109 Å². The topological polar surface area (TPSA) is 368 Å². The van der Waals surface area contributed by atoms with E-state index in [1.54, 1.807) is 77.7 Å². The van der Waals surface area contributed by atoms with E-state index in [4.69, 9.17) is 25.7 Å². The van der Waals surface area contributed by atoms with Gasteiger partial charge in [0.1, 0.15) is 93.8 Å².